The Morgan fingerprint density at radius 1 is 1.44 bits per heavy atom. The summed E-state index contributed by atoms with van der Waals surface area (Å²) < 4.78 is 0. The molecule has 0 bridgehead atoms. The highest BCUT2D eigenvalue weighted by Crippen LogP contribution is 2.16. The lowest BCUT2D eigenvalue weighted by molar-refractivity contribution is 1.30. The summed E-state index contributed by atoms with van der Waals surface area (Å²) in [4.78, 5) is 3.76. The molecule has 1 aromatic heterocycles. The van der Waals surface area contributed by atoms with Gasteiger partial charge in [0.1, 0.15) is 5.15 Å². The summed E-state index contributed by atoms with van der Waals surface area (Å²) in [5, 5.41) is 0.947. The van der Waals surface area contributed by atoms with Gasteiger partial charge in [-0.05, 0) is 18.6 Å². The van der Waals surface area contributed by atoms with E-state index in [1.807, 2.05) is 0 Å². The molecule has 9 heavy (non-hydrogen) atoms. The lowest BCUT2D eigenvalue weighted by Gasteiger charge is -1.93. The van der Waals surface area contributed by atoms with Gasteiger partial charge < -0.3 is 0 Å². The predicted octanol–water partition coefficient (Wildman–Crippen LogP) is 2.57. The van der Waals surface area contributed by atoms with Crippen molar-refractivity contribution in [2.75, 3.05) is 0 Å². The first-order valence-corrected chi connectivity index (χ1v) is 3.09. The number of hydrogen-bond donors (Lipinski definition) is 0. The Morgan fingerprint density at radius 3 is 2.56 bits per heavy atom. The van der Waals surface area contributed by atoms with E-state index in [2.05, 4.69) is 11.9 Å². The molecule has 3 heteroatoms. The molecule has 0 atom stereocenters. The van der Waals surface area contributed by atoms with Gasteiger partial charge in [0, 0.05) is 11.2 Å². The van der Waals surface area contributed by atoms with Gasteiger partial charge in [-0.15, -0.1) is 0 Å². The molecular formula is C6H4Cl2N. The van der Waals surface area contributed by atoms with Crippen LogP contribution in [0.4, 0.5) is 0 Å². The molecule has 0 spiro atoms. The minimum absolute atomic E-state index is 0.396. The van der Waals surface area contributed by atoms with Crippen molar-refractivity contribution >= 4 is 23.2 Å². The molecule has 0 unspecified atom stereocenters. The van der Waals surface area contributed by atoms with Crippen LogP contribution in [0.15, 0.2) is 12.3 Å². The largest absolute Gasteiger partial charge is 0.244 e. The van der Waals surface area contributed by atoms with E-state index >= 15 is 0 Å². The SMILES string of the molecule is [CH2]c1cnc(Cl)cc1Cl. The topological polar surface area (TPSA) is 12.9 Å². The minimum Gasteiger partial charge on any atom is -0.244 e. The first-order chi connectivity index (χ1) is 4.20. The lowest BCUT2D eigenvalue weighted by atomic mass is 10.3. The summed E-state index contributed by atoms with van der Waals surface area (Å²) in [7, 11) is 0. The number of aromatic nitrogens is 1. The fourth-order valence-electron chi connectivity index (χ4n) is 0.436. The smallest absolute Gasteiger partial charge is 0.130 e. The molecule has 1 radical (unpaired) electrons. The van der Waals surface area contributed by atoms with Crippen LogP contribution in [-0.4, -0.2) is 4.98 Å². The Kier molecular flexibility index (Phi) is 1.94. The second kappa shape index (κ2) is 2.54. The zero-order chi connectivity index (χ0) is 6.85. The molecule has 0 aromatic carbocycles. The summed E-state index contributed by atoms with van der Waals surface area (Å²) in [6.45, 7) is 3.61. The molecule has 0 aliphatic rings. The summed E-state index contributed by atoms with van der Waals surface area (Å²) in [5.41, 5.74) is 0.695. The summed E-state index contributed by atoms with van der Waals surface area (Å²) in [5.74, 6) is 0. The van der Waals surface area contributed by atoms with E-state index in [-0.39, 0.29) is 0 Å². The molecule has 0 saturated heterocycles. The van der Waals surface area contributed by atoms with Crippen LogP contribution in [0.25, 0.3) is 0 Å². The van der Waals surface area contributed by atoms with Gasteiger partial charge in [0.05, 0.1) is 0 Å². The normalized spacial score (nSPS) is 9.67. The van der Waals surface area contributed by atoms with E-state index in [4.69, 9.17) is 23.2 Å². The number of nitrogens with zero attached hydrogens (tertiary/aromatic N) is 1. The van der Waals surface area contributed by atoms with Crippen molar-refractivity contribution < 1.29 is 0 Å². The van der Waals surface area contributed by atoms with Gasteiger partial charge in [0.15, 0.2) is 0 Å². The Bertz CT molecular complexity index is 222. The molecular weight excluding hydrogens is 157 g/mol. The average molecular weight is 161 g/mol. The maximum absolute atomic E-state index is 5.63. The van der Waals surface area contributed by atoms with Crippen LogP contribution in [0, 0.1) is 6.92 Å². The van der Waals surface area contributed by atoms with Crippen LogP contribution >= 0.6 is 23.2 Å². The summed E-state index contributed by atoms with van der Waals surface area (Å²) in [6, 6.07) is 1.56. The molecule has 0 N–H and O–H groups in total. The Balaban J connectivity index is 3.17. The first-order valence-electron chi connectivity index (χ1n) is 2.33. The molecule has 0 fully saturated rings. The molecule has 1 heterocycles. The second-order valence-electron chi connectivity index (χ2n) is 1.60. The van der Waals surface area contributed by atoms with Gasteiger partial charge in [0.25, 0.3) is 0 Å². The van der Waals surface area contributed by atoms with Crippen molar-refractivity contribution in [3.05, 3.63) is 34.9 Å². The number of halogens is 2. The highest BCUT2D eigenvalue weighted by Gasteiger charge is 1.94. The maximum Gasteiger partial charge on any atom is 0.130 e. The third-order valence-electron chi connectivity index (χ3n) is 0.896. The second-order valence-corrected chi connectivity index (χ2v) is 2.39. The van der Waals surface area contributed by atoms with Crippen molar-refractivity contribution in [1.82, 2.24) is 4.98 Å². The van der Waals surface area contributed by atoms with Gasteiger partial charge in [-0.2, -0.15) is 0 Å². The molecule has 1 rings (SSSR count). The fraction of sp³-hybridized carbons (Fsp3) is 0. The van der Waals surface area contributed by atoms with Crippen molar-refractivity contribution in [2.24, 2.45) is 0 Å². The van der Waals surface area contributed by atoms with Crippen molar-refractivity contribution in [2.45, 2.75) is 0 Å². The van der Waals surface area contributed by atoms with Crippen molar-refractivity contribution in [1.29, 1.82) is 0 Å². The monoisotopic (exact) mass is 160 g/mol. The Hall–Kier alpha value is -0.270. The van der Waals surface area contributed by atoms with Crippen LogP contribution in [0.1, 0.15) is 5.56 Å². The minimum atomic E-state index is 0.396. The lowest BCUT2D eigenvalue weighted by Crippen LogP contribution is -1.77. The van der Waals surface area contributed by atoms with Gasteiger partial charge in [-0.3, -0.25) is 0 Å². The van der Waals surface area contributed by atoms with E-state index in [1.54, 1.807) is 6.07 Å². The molecule has 1 aromatic rings. The molecule has 0 amide bonds. The average Bonchev–Trinajstić information content (AvgIpc) is 1.80. The van der Waals surface area contributed by atoms with E-state index in [0.717, 1.165) is 0 Å². The highest BCUT2D eigenvalue weighted by atomic mass is 35.5. The fourth-order valence-corrected chi connectivity index (χ4v) is 0.802. The third kappa shape index (κ3) is 1.57. The molecule has 0 aliphatic carbocycles. The van der Waals surface area contributed by atoms with E-state index < -0.39 is 0 Å². The van der Waals surface area contributed by atoms with Crippen molar-refractivity contribution in [3.8, 4) is 0 Å². The standard InChI is InChI=1S/C6H4Cl2N/c1-4-3-9-6(8)2-5(4)7/h2-3H,1H2. The van der Waals surface area contributed by atoms with Crippen LogP contribution in [0.2, 0.25) is 10.2 Å². The highest BCUT2D eigenvalue weighted by molar-refractivity contribution is 6.34. The van der Waals surface area contributed by atoms with E-state index in [1.165, 1.54) is 6.20 Å². The first kappa shape index (κ1) is 6.84. The summed E-state index contributed by atoms with van der Waals surface area (Å²) in [6.07, 6.45) is 1.53. The van der Waals surface area contributed by atoms with Gasteiger partial charge in [-0.1, -0.05) is 23.2 Å². The van der Waals surface area contributed by atoms with Gasteiger partial charge >= 0.3 is 0 Å². The van der Waals surface area contributed by atoms with Crippen LogP contribution in [0.3, 0.4) is 0 Å². The molecule has 0 aliphatic heterocycles. The third-order valence-corrected chi connectivity index (χ3v) is 1.45. The van der Waals surface area contributed by atoms with Gasteiger partial charge in [-0.25, -0.2) is 4.98 Å². The van der Waals surface area contributed by atoms with E-state index in [0.29, 0.717) is 15.7 Å². The predicted molar refractivity (Wildman–Crippen MR) is 38.7 cm³/mol. The Labute approximate surface area is 63.6 Å². The van der Waals surface area contributed by atoms with Gasteiger partial charge in [0.2, 0.25) is 0 Å². The number of pyridine rings is 1. The summed E-state index contributed by atoms with van der Waals surface area (Å²) >= 11 is 11.1. The zero-order valence-corrected chi connectivity index (χ0v) is 6.08. The number of hydrogen-bond acceptors (Lipinski definition) is 1. The van der Waals surface area contributed by atoms with Crippen LogP contribution in [0.5, 0.6) is 0 Å². The van der Waals surface area contributed by atoms with Crippen molar-refractivity contribution in [3.63, 3.8) is 0 Å². The molecule has 0 saturated carbocycles. The molecule has 1 nitrogen and oxygen atoms in total. The zero-order valence-electron chi connectivity index (χ0n) is 4.56. The number of rotatable bonds is 0. The van der Waals surface area contributed by atoms with Crippen LogP contribution < -0.4 is 0 Å². The quantitative estimate of drug-likeness (QED) is 0.532. The maximum atomic E-state index is 5.63. The van der Waals surface area contributed by atoms with E-state index in [9.17, 15) is 0 Å². The molecule has 47 valence electrons. The Morgan fingerprint density at radius 2 is 2.11 bits per heavy atom. The van der Waals surface area contributed by atoms with Crippen LogP contribution in [-0.2, 0) is 0 Å².